The van der Waals surface area contributed by atoms with E-state index in [0.29, 0.717) is 0 Å². The summed E-state index contributed by atoms with van der Waals surface area (Å²) >= 11 is 2.73. The lowest BCUT2D eigenvalue weighted by molar-refractivity contribution is -0.264. The molecule has 78 valence electrons. The third-order valence-corrected chi connectivity index (χ3v) is 2.72. The summed E-state index contributed by atoms with van der Waals surface area (Å²) in [5, 5.41) is 36.8. The van der Waals surface area contributed by atoms with Gasteiger partial charge in [0.2, 0.25) is 4.70 Å². The van der Waals surface area contributed by atoms with Gasteiger partial charge in [-0.15, -0.1) is 0 Å². The van der Waals surface area contributed by atoms with Gasteiger partial charge in [-0.3, -0.25) is 0 Å². The van der Waals surface area contributed by atoms with Crippen LogP contribution in [0.2, 0.25) is 0 Å². The van der Waals surface area contributed by atoms with Crippen LogP contribution in [0.15, 0.2) is 0 Å². The number of aliphatic hydroxyl groups is 4. The lowest BCUT2D eigenvalue weighted by Gasteiger charge is -2.42. The zero-order valence-corrected chi connectivity index (χ0v) is 8.25. The highest BCUT2D eigenvalue weighted by Gasteiger charge is 2.50. The Morgan fingerprint density at radius 2 is 1.92 bits per heavy atom. The number of hydrogen-bond donors (Lipinski definition) is 5. The van der Waals surface area contributed by atoms with Crippen molar-refractivity contribution < 1.29 is 25.2 Å². The third kappa shape index (κ3) is 2.01. The fourth-order valence-corrected chi connectivity index (χ4v) is 1.66. The first kappa shape index (κ1) is 11.3. The minimum Gasteiger partial charge on any atom is -0.394 e. The van der Waals surface area contributed by atoms with E-state index in [4.69, 9.17) is 15.6 Å². The smallest absolute Gasteiger partial charge is 0.242 e. The summed E-state index contributed by atoms with van der Waals surface area (Å²) in [6.45, 7) is -0.515. The summed E-state index contributed by atoms with van der Waals surface area (Å²) < 4.78 is 2.89. The minimum atomic E-state index is -1.92. The summed E-state index contributed by atoms with van der Waals surface area (Å²) in [6, 6.07) is -1.18. The Bertz CT molecular complexity index is 188. The zero-order chi connectivity index (χ0) is 10.2. The van der Waals surface area contributed by atoms with Crippen LogP contribution >= 0.6 is 15.9 Å². The Hall–Kier alpha value is 0.240. The average Bonchev–Trinajstić information content (AvgIpc) is 2.08. The summed E-state index contributed by atoms with van der Waals surface area (Å²) in [7, 11) is 0. The van der Waals surface area contributed by atoms with Crippen molar-refractivity contribution in [2.45, 2.75) is 29.1 Å². The van der Waals surface area contributed by atoms with E-state index in [1.54, 1.807) is 0 Å². The monoisotopic (exact) mass is 257 g/mol. The molecule has 0 saturated carbocycles. The van der Waals surface area contributed by atoms with Crippen molar-refractivity contribution >= 4 is 15.9 Å². The third-order valence-electron chi connectivity index (χ3n) is 2.01. The van der Waals surface area contributed by atoms with Crippen molar-refractivity contribution in [3.05, 3.63) is 0 Å². The van der Waals surface area contributed by atoms with E-state index < -0.39 is 35.7 Å². The molecule has 7 heteroatoms. The van der Waals surface area contributed by atoms with Crippen molar-refractivity contribution in [1.29, 1.82) is 0 Å². The molecule has 1 saturated heterocycles. The molecule has 0 aromatic carbocycles. The van der Waals surface area contributed by atoms with E-state index in [1.807, 2.05) is 0 Å². The first-order valence-corrected chi connectivity index (χ1v) is 4.51. The van der Waals surface area contributed by atoms with E-state index in [2.05, 4.69) is 15.9 Å². The second-order valence-corrected chi connectivity index (χ2v) is 4.09. The Morgan fingerprint density at radius 1 is 1.38 bits per heavy atom. The Labute approximate surface area is 83.1 Å². The molecule has 1 aliphatic rings. The molecule has 1 fully saturated rings. The van der Waals surface area contributed by atoms with Crippen LogP contribution in [0, 0.1) is 0 Å². The molecule has 5 atom stereocenters. The summed E-state index contributed by atoms with van der Waals surface area (Å²) in [4.78, 5) is 0. The molecular formula is C6H12BrNO5. The number of rotatable bonds is 1. The van der Waals surface area contributed by atoms with Gasteiger partial charge in [0.15, 0.2) is 0 Å². The topological polar surface area (TPSA) is 116 Å². The van der Waals surface area contributed by atoms with Gasteiger partial charge in [0, 0.05) is 0 Å². The SMILES string of the molecule is N[C@@H]1[C@@H](O)[C@H](O)[C@@H](CO)O[C@@]1(O)Br. The van der Waals surface area contributed by atoms with Crippen molar-refractivity contribution in [3.8, 4) is 0 Å². The van der Waals surface area contributed by atoms with Gasteiger partial charge < -0.3 is 30.9 Å². The van der Waals surface area contributed by atoms with Crippen LogP contribution in [0.5, 0.6) is 0 Å². The maximum absolute atomic E-state index is 9.42. The number of alkyl halides is 1. The second kappa shape index (κ2) is 3.77. The van der Waals surface area contributed by atoms with E-state index >= 15 is 0 Å². The lowest BCUT2D eigenvalue weighted by Crippen LogP contribution is -2.65. The van der Waals surface area contributed by atoms with Crippen LogP contribution in [0.3, 0.4) is 0 Å². The van der Waals surface area contributed by atoms with Crippen LogP contribution in [0.25, 0.3) is 0 Å². The van der Waals surface area contributed by atoms with Gasteiger partial charge >= 0.3 is 0 Å². The Kier molecular flexibility index (Phi) is 3.29. The molecule has 0 amide bonds. The van der Waals surface area contributed by atoms with Crippen LogP contribution < -0.4 is 5.73 Å². The molecule has 0 aromatic heterocycles. The summed E-state index contributed by atoms with van der Waals surface area (Å²) in [5.74, 6) is 0. The molecule has 1 aliphatic heterocycles. The molecule has 6 nitrogen and oxygen atoms in total. The molecule has 0 unspecified atom stereocenters. The van der Waals surface area contributed by atoms with Gasteiger partial charge in [-0.25, -0.2) is 0 Å². The highest BCUT2D eigenvalue weighted by molar-refractivity contribution is 9.10. The molecule has 6 N–H and O–H groups in total. The number of hydrogen-bond acceptors (Lipinski definition) is 6. The van der Waals surface area contributed by atoms with E-state index in [0.717, 1.165) is 0 Å². The molecule has 0 aliphatic carbocycles. The van der Waals surface area contributed by atoms with E-state index in [9.17, 15) is 15.3 Å². The van der Waals surface area contributed by atoms with Gasteiger partial charge in [0.1, 0.15) is 18.3 Å². The Balaban J connectivity index is 2.79. The average molecular weight is 258 g/mol. The van der Waals surface area contributed by atoms with Crippen molar-refractivity contribution in [1.82, 2.24) is 0 Å². The van der Waals surface area contributed by atoms with Gasteiger partial charge in [0.05, 0.1) is 12.6 Å². The molecule has 0 spiro atoms. The van der Waals surface area contributed by atoms with Crippen LogP contribution in [-0.4, -0.2) is 56.1 Å². The number of ether oxygens (including phenoxy) is 1. The van der Waals surface area contributed by atoms with E-state index in [-0.39, 0.29) is 0 Å². The Morgan fingerprint density at radius 3 is 2.38 bits per heavy atom. The first-order valence-electron chi connectivity index (χ1n) is 3.72. The van der Waals surface area contributed by atoms with E-state index in [1.165, 1.54) is 0 Å². The van der Waals surface area contributed by atoms with Gasteiger partial charge in [0.25, 0.3) is 0 Å². The normalized spacial score (nSPS) is 52.2. The number of nitrogens with two attached hydrogens (primary N) is 1. The predicted octanol–water partition coefficient (Wildman–Crippen LogP) is -2.53. The quantitative estimate of drug-likeness (QED) is 0.331. The van der Waals surface area contributed by atoms with Gasteiger partial charge in [-0.2, -0.15) is 0 Å². The fraction of sp³-hybridized carbons (Fsp3) is 1.00. The molecule has 1 heterocycles. The maximum atomic E-state index is 9.42. The summed E-state index contributed by atoms with van der Waals surface area (Å²) in [6.07, 6.45) is -3.72. The molecule has 13 heavy (non-hydrogen) atoms. The van der Waals surface area contributed by atoms with Crippen LogP contribution in [-0.2, 0) is 4.74 Å². The first-order chi connectivity index (χ1) is 5.90. The summed E-state index contributed by atoms with van der Waals surface area (Å²) in [5.41, 5.74) is 5.35. The van der Waals surface area contributed by atoms with Crippen molar-refractivity contribution in [2.24, 2.45) is 5.73 Å². The van der Waals surface area contributed by atoms with Gasteiger partial charge in [-0.05, 0) is 15.9 Å². The maximum Gasteiger partial charge on any atom is 0.242 e. The highest BCUT2D eigenvalue weighted by atomic mass is 79.9. The number of halogens is 1. The molecule has 1 rings (SSSR count). The largest absolute Gasteiger partial charge is 0.394 e. The van der Waals surface area contributed by atoms with Crippen molar-refractivity contribution in [2.75, 3.05) is 6.61 Å². The lowest BCUT2D eigenvalue weighted by atomic mass is 9.98. The fourth-order valence-electron chi connectivity index (χ4n) is 1.15. The highest BCUT2D eigenvalue weighted by Crippen LogP contribution is 2.31. The molecule has 0 bridgehead atoms. The predicted molar refractivity (Wildman–Crippen MR) is 45.8 cm³/mol. The molecule has 0 radical (unpaired) electrons. The number of aliphatic hydroxyl groups excluding tert-OH is 3. The van der Waals surface area contributed by atoms with Crippen molar-refractivity contribution in [3.63, 3.8) is 0 Å². The standard InChI is InChI=1S/C6H12BrNO5/c7-6(12)5(8)4(11)3(10)2(1-9)13-6/h2-5,9-12H,1,8H2/t2-,3-,4+,5-,6-/m1/s1. The molecular weight excluding hydrogens is 246 g/mol. The minimum absolute atomic E-state index is 0.515. The van der Waals surface area contributed by atoms with Crippen LogP contribution in [0.4, 0.5) is 0 Å². The van der Waals surface area contributed by atoms with Gasteiger partial charge in [-0.1, -0.05) is 0 Å². The molecule has 0 aromatic rings. The van der Waals surface area contributed by atoms with Crippen LogP contribution in [0.1, 0.15) is 0 Å². The zero-order valence-electron chi connectivity index (χ0n) is 6.67. The second-order valence-electron chi connectivity index (χ2n) is 2.95.